The van der Waals surface area contributed by atoms with Crippen LogP contribution in [0.2, 0.25) is 0 Å². The van der Waals surface area contributed by atoms with Gasteiger partial charge >= 0.3 is 5.97 Å². The number of rotatable bonds is 8. The van der Waals surface area contributed by atoms with Crippen LogP contribution in [0.25, 0.3) is 0 Å². The SMILES string of the molecule is COCCC(CC(=O)OC)OCC=O. The molecule has 5 nitrogen and oxygen atoms in total. The Kier molecular flexibility index (Phi) is 8.07. The van der Waals surface area contributed by atoms with E-state index in [0.717, 1.165) is 0 Å². The number of carbonyl (C=O) groups excluding carboxylic acids is 2. The Morgan fingerprint density at radius 2 is 2.14 bits per heavy atom. The fourth-order valence-electron chi connectivity index (χ4n) is 0.938. The van der Waals surface area contributed by atoms with Crippen molar-refractivity contribution in [3.63, 3.8) is 0 Å². The number of hydrogen-bond donors (Lipinski definition) is 0. The Balaban J connectivity index is 3.82. The maximum Gasteiger partial charge on any atom is 0.308 e. The van der Waals surface area contributed by atoms with Gasteiger partial charge in [-0.1, -0.05) is 0 Å². The quantitative estimate of drug-likeness (QED) is 0.416. The van der Waals surface area contributed by atoms with E-state index in [0.29, 0.717) is 19.3 Å². The summed E-state index contributed by atoms with van der Waals surface area (Å²) in [5.74, 6) is -0.350. The predicted octanol–water partition coefficient (Wildman–Crippen LogP) is 0.170. The minimum absolute atomic E-state index is 0.00856. The third kappa shape index (κ3) is 6.56. The molecule has 0 aromatic rings. The van der Waals surface area contributed by atoms with Gasteiger partial charge in [-0.2, -0.15) is 0 Å². The van der Waals surface area contributed by atoms with Crippen LogP contribution in [0, 0.1) is 0 Å². The van der Waals surface area contributed by atoms with Crippen LogP contribution < -0.4 is 0 Å². The monoisotopic (exact) mass is 204 g/mol. The minimum atomic E-state index is -0.350. The van der Waals surface area contributed by atoms with E-state index < -0.39 is 0 Å². The molecule has 0 radical (unpaired) electrons. The number of hydrogen-bond acceptors (Lipinski definition) is 5. The highest BCUT2D eigenvalue weighted by atomic mass is 16.5. The molecule has 0 fully saturated rings. The number of methoxy groups -OCH3 is 2. The molecule has 1 unspecified atom stereocenters. The molecule has 0 N–H and O–H groups in total. The molecule has 0 rings (SSSR count). The fourth-order valence-corrected chi connectivity index (χ4v) is 0.938. The van der Waals surface area contributed by atoms with Crippen LogP contribution in [0.3, 0.4) is 0 Å². The van der Waals surface area contributed by atoms with Crippen molar-refractivity contribution in [2.24, 2.45) is 0 Å². The average Bonchev–Trinajstić information content (AvgIpc) is 2.21. The van der Waals surface area contributed by atoms with Crippen molar-refractivity contribution in [2.75, 3.05) is 27.4 Å². The summed E-state index contributed by atoms with van der Waals surface area (Å²) in [7, 11) is 2.88. The largest absolute Gasteiger partial charge is 0.469 e. The highest BCUT2D eigenvalue weighted by Crippen LogP contribution is 2.05. The van der Waals surface area contributed by atoms with Gasteiger partial charge in [0, 0.05) is 13.7 Å². The van der Waals surface area contributed by atoms with Crippen molar-refractivity contribution < 1.29 is 23.8 Å². The lowest BCUT2D eigenvalue weighted by Crippen LogP contribution is -2.21. The standard InChI is InChI=1S/C9H16O5/c1-12-5-3-8(14-6-4-10)7-9(11)13-2/h4,8H,3,5-7H2,1-2H3. The predicted molar refractivity (Wildman–Crippen MR) is 48.9 cm³/mol. The topological polar surface area (TPSA) is 61.8 Å². The van der Waals surface area contributed by atoms with Crippen molar-refractivity contribution in [3.05, 3.63) is 0 Å². The summed E-state index contributed by atoms with van der Waals surface area (Å²) in [5.41, 5.74) is 0. The lowest BCUT2D eigenvalue weighted by atomic mass is 10.2. The molecule has 0 aliphatic rings. The third-order valence-corrected chi connectivity index (χ3v) is 1.67. The van der Waals surface area contributed by atoms with Crippen molar-refractivity contribution in [1.82, 2.24) is 0 Å². The van der Waals surface area contributed by atoms with Crippen molar-refractivity contribution in [1.29, 1.82) is 0 Å². The Labute approximate surface area is 83.3 Å². The third-order valence-electron chi connectivity index (χ3n) is 1.67. The van der Waals surface area contributed by atoms with E-state index in [1.165, 1.54) is 7.11 Å². The van der Waals surface area contributed by atoms with E-state index in [-0.39, 0.29) is 25.1 Å². The fraction of sp³-hybridized carbons (Fsp3) is 0.778. The molecule has 0 saturated heterocycles. The molecule has 82 valence electrons. The van der Waals surface area contributed by atoms with Crippen LogP contribution >= 0.6 is 0 Å². The average molecular weight is 204 g/mol. The van der Waals surface area contributed by atoms with E-state index in [1.807, 2.05) is 0 Å². The molecule has 0 heterocycles. The van der Waals surface area contributed by atoms with Gasteiger partial charge in [0.1, 0.15) is 12.9 Å². The van der Waals surface area contributed by atoms with Gasteiger partial charge in [0.05, 0.1) is 19.6 Å². The molecule has 0 aliphatic heterocycles. The molecule has 0 saturated carbocycles. The highest BCUT2D eigenvalue weighted by molar-refractivity contribution is 5.69. The maximum absolute atomic E-state index is 10.9. The van der Waals surface area contributed by atoms with Gasteiger partial charge < -0.3 is 19.0 Å². The molecular formula is C9H16O5. The molecule has 1 atom stereocenters. The van der Waals surface area contributed by atoms with E-state index in [2.05, 4.69) is 4.74 Å². The molecule has 0 aromatic heterocycles. The second-order valence-corrected chi connectivity index (χ2v) is 2.68. The second-order valence-electron chi connectivity index (χ2n) is 2.68. The first kappa shape index (κ1) is 13.1. The Morgan fingerprint density at radius 3 is 2.64 bits per heavy atom. The Hall–Kier alpha value is -0.940. The number of aldehydes is 1. The van der Waals surface area contributed by atoms with Gasteiger partial charge in [0.2, 0.25) is 0 Å². The molecule has 0 spiro atoms. The summed E-state index contributed by atoms with van der Waals surface area (Å²) in [5, 5.41) is 0. The lowest BCUT2D eigenvalue weighted by Gasteiger charge is -2.14. The van der Waals surface area contributed by atoms with Crippen LogP contribution in [0.1, 0.15) is 12.8 Å². The zero-order valence-electron chi connectivity index (χ0n) is 8.52. The molecule has 0 aliphatic carbocycles. The first-order valence-corrected chi connectivity index (χ1v) is 4.35. The molecule has 5 heteroatoms. The smallest absolute Gasteiger partial charge is 0.308 e. The Bertz CT molecular complexity index is 169. The second kappa shape index (κ2) is 8.65. The van der Waals surface area contributed by atoms with E-state index in [1.54, 1.807) is 7.11 Å². The van der Waals surface area contributed by atoms with Gasteiger partial charge in [0.15, 0.2) is 0 Å². The molecule has 0 bridgehead atoms. The number of ether oxygens (including phenoxy) is 3. The van der Waals surface area contributed by atoms with Crippen LogP contribution in [0.5, 0.6) is 0 Å². The first-order chi connectivity index (χ1) is 6.74. The van der Waals surface area contributed by atoms with E-state index in [4.69, 9.17) is 9.47 Å². The van der Waals surface area contributed by atoms with Crippen molar-refractivity contribution >= 4 is 12.3 Å². The molecule has 14 heavy (non-hydrogen) atoms. The summed E-state index contributed by atoms with van der Waals surface area (Å²) >= 11 is 0. The van der Waals surface area contributed by atoms with Crippen LogP contribution in [0.15, 0.2) is 0 Å². The molecular weight excluding hydrogens is 188 g/mol. The van der Waals surface area contributed by atoms with Crippen LogP contribution in [0.4, 0.5) is 0 Å². The van der Waals surface area contributed by atoms with Gasteiger partial charge in [-0.3, -0.25) is 4.79 Å². The summed E-state index contributed by atoms with van der Waals surface area (Å²) in [6, 6.07) is 0. The van der Waals surface area contributed by atoms with Crippen molar-refractivity contribution in [2.45, 2.75) is 18.9 Å². The molecule has 0 aromatic carbocycles. The van der Waals surface area contributed by atoms with E-state index in [9.17, 15) is 9.59 Å². The van der Waals surface area contributed by atoms with E-state index >= 15 is 0 Å². The van der Waals surface area contributed by atoms with Crippen LogP contribution in [-0.4, -0.2) is 45.8 Å². The lowest BCUT2D eigenvalue weighted by molar-refractivity contribution is -0.144. The van der Waals surface area contributed by atoms with Crippen molar-refractivity contribution in [3.8, 4) is 0 Å². The maximum atomic E-state index is 10.9. The minimum Gasteiger partial charge on any atom is -0.469 e. The first-order valence-electron chi connectivity index (χ1n) is 4.35. The van der Waals surface area contributed by atoms with Crippen LogP contribution in [-0.2, 0) is 23.8 Å². The van der Waals surface area contributed by atoms with Gasteiger partial charge in [0.25, 0.3) is 0 Å². The summed E-state index contributed by atoms with van der Waals surface area (Å²) in [6.45, 7) is 0.478. The number of carbonyl (C=O) groups is 2. The highest BCUT2D eigenvalue weighted by Gasteiger charge is 2.14. The van der Waals surface area contributed by atoms with Gasteiger partial charge in [-0.25, -0.2) is 0 Å². The summed E-state index contributed by atoms with van der Waals surface area (Å²) < 4.78 is 14.5. The molecule has 0 amide bonds. The summed E-state index contributed by atoms with van der Waals surface area (Å²) in [6.07, 6.45) is 1.05. The zero-order chi connectivity index (χ0) is 10.8. The van der Waals surface area contributed by atoms with Gasteiger partial charge in [-0.05, 0) is 6.42 Å². The number of esters is 1. The zero-order valence-corrected chi connectivity index (χ0v) is 8.52. The Morgan fingerprint density at radius 1 is 1.43 bits per heavy atom. The van der Waals surface area contributed by atoms with Gasteiger partial charge in [-0.15, -0.1) is 0 Å². The normalized spacial score (nSPS) is 12.1. The summed E-state index contributed by atoms with van der Waals surface area (Å²) in [4.78, 5) is 21.0.